The number of rotatable bonds is 2. The highest BCUT2D eigenvalue weighted by Gasteiger charge is 2.17. The summed E-state index contributed by atoms with van der Waals surface area (Å²) in [6, 6.07) is 17.1. The molecule has 0 N–H and O–H groups in total. The van der Waals surface area contributed by atoms with Crippen molar-refractivity contribution in [2.24, 2.45) is 0 Å². The molecule has 4 nitrogen and oxygen atoms in total. The molecular weight excluding hydrogens is 272 g/mol. The second kappa shape index (κ2) is 5.24. The number of benzene rings is 1. The van der Waals surface area contributed by atoms with Gasteiger partial charge in [0.1, 0.15) is 5.92 Å². The number of hydrogen-bond acceptors (Lipinski definition) is 4. The van der Waals surface area contributed by atoms with Crippen molar-refractivity contribution in [1.82, 2.24) is 15.2 Å². The first-order valence-electron chi connectivity index (χ1n) is 6.02. The Morgan fingerprint density at radius 1 is 0.950 bits per heavy atom. The Labute approximate surface area is 120 Å². The van der Waals surface area contributed by atoms with Crippen LogP contribution in [-0.4, -0.2) is 15.2 Å². The lowest BCUT2D eigenvalue weighted by Crippen LogP contribution is -2.04. The molecule has 3 rings (SSSR count). The van der Waals surface area contributed by atoms with E-state index >= 15 is 0 Å². The Morgan fingerprint density at radius 3 is 2.50 bits per heavy atom. The minimum Gasteiger partial charge on any atom is -0.251 e. The molecule has 0 saturated heterocycles. The Kier molecular flexibility index (Phi) is 3.28. The third kappa shape index (κ3) is 2.31. The maximum absolute atomic E-state index is 9.38. The molecule has 0 aliphatic heterocycles. The first kappa shape index (κ1) is 12.5. The van der Waals surface area contributed by atoms with Gasteiger partial charge in [-0.2, -0.15) is 10.4 Å². The molecule has 0 spiro atoms. The summed E-state index contributed by atoms with van der Waals surface area (Å²) in [5.74, 6) is -0.552. The van der Waals surface area contributed by atoms with E-state index in [2.05, 4.69) is 21.3 Å². The molecule has 0 saturated carbocycles. The third-order valence-corrected chi connectivity index (χ3v) is 3.19. The second-order valence-corrected chi connectivity index (χ2v) is 4.66. The van der Waals surface area contributed by atoms with Gasteiger partial charge in [0.2, 0.25) is 0 Å². The minimum absolute atomic E-state index is 0.303. The third-order valence-electron chi connectivity index (χ3n) is 2.99. The van der Waals surface area contributed by atoms with Crippen molar-refractivity contribution in [2.75, 3.05) is 0 Å². The van der Waals surface area contributed by atoms with Crippen LogP contribution in [0.1, 0.15) is 17.3 Å². The van der Waals surface area contributed by atoms with Crippen LogP contribution < -0.4 is 0 Å². The van der Waals surface area contributed by atoms with Crippen molar-refractivity contribution in [3.8, 4) is 6.07 Å². The van der Waals surface area contributed by atoms with Crippen LogP contribution >= 0.6 is 11.6 Å². The highest BCUT2D eigenvalue weighted by atomic mass is 35.5. The zero-order valence-electron chi connectivity index (χ0n) is 10.4. The van der Waals surface area contributed by atoms with Crippen molar-refractivity contribution >= 4 is 22.5 Å². The predicted octanol–water partition coefficient (Wildman–Crippen LogP) is 3.33. The van der Waals surface area contributed by atoms with Crippen LogP contribution in [0, 0.1) is 11.3 Å². The minimum atomic E-state index is -0.552. The lowest BCUT2D eigenvalue weighted by molar-refractivity contribution is 0.864. The fourth-order valence-electron chi connectivity index (χ4n) is 2.01. The lowest BCUT2D eigenvalue weighted by Gasteiger charge is -2.08. The van der Waals surface area contributed by atoms with Gasteiger partial charge in [0.15, 0.2) is 5.15 Å². The van der Waals surface area contributed by atoms with E-state index in [0.29, 0.717) is 16.5 Å². The number of pyridine rings is 1. The quantitative estimate of drug-likeness (QED) is 0.722. The van der Waals surface area contributed by atoms with Crippen LogP contribution in [-0.2, 0) is 0 Å². The molecule has 0 radical (unpaired) electrons. The van der Waals surface area contributed by atoms with Crippen molar-refractivity contribution in [3.05, 3.63) is 65.1 Å². The standard InChI is InChI=1S/C15H9ClN4/c16-15-8-7-14(19-20-15)11(9-17)13-6-5-10-3-1-2-4-12(10)18-13/h1-8,11H. The molecule has 1 aromatic carbocycles. The van der Waals surface area contributed by atoms with Crippen molar-refractivity contribution in [3.63, 3.8) is 0 Å². The van der Waals surface area contributed by atoms with Crippen LogP contribution in [0.5, 0.6) is 0 Å². The molecule has 0 amide bonds. The Morgan fingerprint density at radius 2 is 1.75 bits per heavy atom. The average molecular weight is 281 g/mol. The fourth-order valence-corrected chi connectivity index (χ4v) is 2.11. The van der Waals surface area contributed by atoms with E-state index in [9.17, 15) is 5.26 Å². The first-order chi connectivity index (χ1) is 9.78. The van der Waals surface area contributed by atoms with E-state index in [1.165, 1.54) is 0 Å². The molecule has 0 aliphatic carbocycles. The zero-order valence-corrected chi connectivity index (χ0v) is 11.1. The highest BCUT2D eigenvalue weighted by molar-refractivity contribution is 6.29. The number of para-hydroxylation sites is 1. The zero-order chi connectivity index (χ0) is 13.9. The van der Waals surface area contributed by atoms with Crippen molar-refractivity contribution < 1.29 is 0 Å². The van der Waals surface area contributed by atoms with E-state index < -0.39 is 5.92 Å². The summed E-state index contributed by atoms with van der Waals surface area (Å²) in [6.45, 7) is 0. The molecule has 0 bridgehead atoms. The number of halogens is 1. The molecule has 20 heavy (non-hydrogen) atoms. The predicted molar refractivity (Wildman–Crippen MR) is 76.2 cm³/mol. The van der Waals surface area contributed by atoms with Crippen LogP contribution in [0.2, 0.25) is 5.15 Å². The van der Waals surface area contributed by atoms with Gasteiger partial charge in [-0.15, -0.1) is 5.10 Å². The van der Waals surface area contributed by atoms with E-state index in [0.717, 1.165) is 10.9 Å². The van der Waals surface area contributed by atoms with Crippen molar-refractivity contribution in [2.45, 2.75) is 5.92 Å². The molecule has 3 aromatic rings. The molecule has 0 fully saturated rings. The number of fused-ring (bicyclic) bond motifs is 1. The number of nitriles is 1. The van der Waals surface area contributed by atoms with Crippen LogP contribution in [0.15, 0.2) is 48.5 Å². The highest BCUT2D eigenvalue weighted by Crippen LogP contribution is 2.23. The molecule has 2 aromatic heterocycles. The maximum Gasteiger partial charge on any atom is 0.151 e. The van der Waals surface area contributed by atoms with Gasteiger partial charge in [0.05, 0.1) is 23.0 Å². The SMILES string of the molecule is N#CC(c1ccc(Cl)nn1)c1ccc2ccccc2n1. The van der Waals surface area contributed by atoms with E-state index in [-0.39, 0.29) is 0 Å². The Bertz CT molecular complexity index is 793. The van der Waals surface area contributed by atoms with Gasteiger partial charge in [-0.25, -0.2) is 0 Å². The van der Waals surface area contributed by atoms with Gasteiger partial charge < -0.3 is 0 Å². The fraction of sp³-hybridized carbons (Fsp3) is 0.0667. The molecule has 5 heteroatoms. The number of hydrogen-bond donors (Lipinski definition) is 0. The molecule has 1 unspecified atom stereocenters. The molecule has 0 aliphatic rings. The summed E-state index contributed by atoms with van der Waals surface area (Å²) in [4.78, 5) is 4.52. The first-order valence-corrected chi connectivity index (χ1v) is 6.40. The average Bonchev–Trinajstić information content (AvgIpc) is 2.50. The molecule has 2 heterocycles. The lowest BCUT2D eigenvalue weighted by atomic mass is 10.0. The topological polar surface area (TPSA) is 62.5 Å². The van der Waals surface area contributed by atoms with E-state index in [4.69, 9.17) is 11.6 Å². The summed E-state index contributed by atoms with van der Waals surface area (Å²) < 4.78 is 0. The molecule has 1 atom stereocenters. The maximum atomic E-state index is 9.38. The van der Waals surface area contributed by atoms with Gasteiger partial charge >= 0.3 is 0 Å². The monoisotopic (exact) mass is 280 g/mol. The van der Waals surface area contributed by atoms with Gasteiger partial charge in [0.25, 0.3) is 0 Å². The number of nitrogens with zero attached hydrogens (tertiary/aromatic N) is 4. The smallest absolute Gasteiger partial charge is 0.151 e. The summed E-state index contributed by atoms with van der Waals surface area (Å²) in [5.41, 5.74) is 2.05. The molecular formula is C15H9ClN4. The number of aromatic nitrogens is 3. The summed E-state index contributed by atoms with van der Waals surface area (Å²) in [5, 5.41) is 18.5. The van der Waals surface area contributed by atoms with Crippen molar-refractivity contribution in [1.29, 1.82) is 5.26 Å². The van der Waals surface area contributed by atoms with Crippen LogP contribution in [0.4, 0.5) is 0 Å². The van der Waals surface area contributed by atoms with Crippen LogP contribution in [0.3, 0.4) is 0 Å². The van der Waals surface area contributed by atoms with Gasteiger partial charge in [-0.1, -0.05) is 35.9 Å². The van der Waals surface area contributed by atoms with Gasteiger partial charge in [-0.3, -0.25) is 4.98 Å². The second-order valence-electron chi connectivity index (χ2n) is 4.27. The van der Waals surface area contributed by atoms with Gasteiger partial charge in [0, 0.05) is 5.39 Å². The summed E-state index contributed by atoms with van der Waals surface area (Å²) in [7, 11) is 0. The molecule has 96 valence electrons. The van der Waals surface area contributed by atoms with E-state index in [1.807, 2.05) is 36.4 Å². The van der Waals surface area contributed by atoms with Crippen LogP contribution in [0.25, 0.3) is 10.9 Å². The Balaban J connectivity index is 2.07. The summed E-state index contributed by atoms with van der Waals surface area (Å²) in [6.07, 6.45) is 0. The van der Waals surface area contributed by atoms with E-state index in [1.54, 1.807) is 12.1 Å². The Hall–Kier alpha value is -2.51. The van der Waals surface area contributed by atoms with Gasteiger partial charge in [-0.05, 0) is 24.3 Å². The normalized spacial score (nSPS) is 12.0. The summed E-state index contributed by atoms with van der Waals surface area (Å²) >= 11 is 5.71. The largest absolute Gasteiger partial charge is 0.251 e.